The van der Waals surface area contributed by atoms with Crippen molar-refractivity contribution in [2.45, 2.75) is 20.0 Å². The van der Waals surface area contributed by atoms with Crippen molar-refractivity contribution in [2.75, 3.05) is 4.84 Å². The molecular weight excluding hydrogens is 212 g/mol. The number of anilines is 1. The Labute approximate surface area is 94.7 Å². The summed E-state index contributed by atoms with van der Waals surface area (Å²) in [6, 6.07) is 5.64. The maximum Gasteiger partial charge on any atom is 0.492 e. The second-order valence-electron chi connectivity index (χ2n) is 4.09. The van der Waals surface area contributed by atoms with Gasteiger partial charge in [0.25, 0.3) is 0 Å². The van der Waals surface area contributed by atoms with Crippen LogP contribution in [0.15, 0.2) is 18.2 Å². The van der Waals surface area contributed by atoms with Crippen LogP contribution in [0.5, 0.6) is 0 Å². The fraction of sp³-hybridized carbons (Fsp3) is 0.400. The summed E-state index contributed by atoms with van der Waals surface area (Å²) in [7, 11) is -0.836. The second kappa shape index (κ2) is 4.04. The Hall–Kier alpha value is -0.705. The topological polar surface area (TPSA) is 41.5 Å². The van der Waals surface area contributed by atoms with Crippen LogP contribution in [-0.4, -0.2) is 12.1 Å². The molecule has 3 nitrogen and oxygen atoms in total. The number of hydrogen-bond donors (Lipinski definition) is 2. The molecule has 0 bridgehead atoms. The van der Waals surface area contributed by atoms with Crippen molar-refractivity contribution >= 4 is 30.0 Å². The van der Waals surface area contributed by atoms with Crippen LogP contribution in [0.3, 0.4) is 0 Å². The average molecular weight is 225 g/mol. The molecular formula is C10H13BClNO2. The van der Waals surface area contributed by atoms with Gasteiger partial charge in [-0.1, -0.05) is 19.9 Å². The van der Waals surface area contributed by atoms with Gasteiger partial charge in [0.05, 0.1) is 6.10 Å². The molecule has 1 atom stereocenters. The number of benzene rings is 1. The van der Waals surface area contributed by atoms with Gasteiger partial charge < -0.3 is 9.68 Å². The Morgan fingerprint density at radius 1 is 1.53 bits per heavy atom. The highest BCUT2D eigenvalue weighted by atomic mass is 35.5. The molecule has 1 unspecified atom stereocenters. The van der Waals surface area contributed by atoms with Gasteiger partial charge in [-0.25, -0.2) is 0 Å². The van der Waals surface area contributed by atoms with Gasteiger partial charge in [0, 0.05) is 17.5 Å². The second-order valence-corrected chi connectivity index (χ2v) is 4.28. The van der Waals surface area contributed by atoms with Gasteiger partial charge in [0.15, 0.2) is 0 Å². The van der Waals surface area contributed by atoms with E-state index in [2.05, 4.69) is 18.7 Å². The quantitative estimate of drug-likeness (QED) is 0.594. The van der Waals surface area contributed by atoms with E-state index < -0.39 is 7.12 Å². The van der Waals surface area contributed by atoms with E-state index in [0.29, 0.717) is 5.92 Å². The van der Waals surface area contributed by atoms with Crippen molar-refractivity contribution in [1.82, 2.24) is 0 Å². The van der Waals surface area contributed by atoms with Crippen molar-refractivity contribution < 1.29 is 9.68 Å². The van der Waals surface area contributed by atoms with Gasteiger partial charge in [-0.05, 0) is 29.1 Å². The molecule has 0 aromatic heterocycles. The zero-order valence-corrected chi connectivity index (χ0v) is 9.45. The smallest absolute Gasteiger partial charge is 0.423 e. The van der Waals surface area contributed by atoms with E-state index >= 15 is 0 Å². The first-order valence-corrected chi connectivity index (χ1v) is 5.35. The molecule has 0 saturated heterocycles. The molecule has 1 aromatic carbocycles. The van der Waals surface area contributed by atoms with Gasteiger partial charge in [-0.2, -0.15) is 0 Å². The molecule has 0 aliphatic carbocycles. The maximum absolute atomic E-state index is 9.73. The lowest BCUT2D eigenvalue weighted by molar-refractivity contribution is 0.143. The summed E-state index contributed by atoms with van der Waals surface area (Å²) in [6.07, 6.45) is -0.0284. The van der Waals surface area contributed by atoms with Crippen LogP contribution in [0.1, 0.15) is 25.5 Å². The molecule has 1 aliphatic heterocycles. The van der Waals surface area contributed by atoms with Gasteiger partial charge in [-0.3, -0.25) is 4.84 Å². The SMILES string of the molecule is CC(C)C1OB(O)c2cc(NCl)ccc21. The van der Waals surface area contributed by atoms with Crippen LogP contribution in [-0.2, 0) is 4.65 Å². The van der Waals surface area contributed by atoms with Crippen LogP contribution in [0, 0.1) is 5.92 Å². The zero-order chi connectivity index (χ0) is 11.0. The van der Waals surface area contributed by atoms with E-state index in [-0.39, 0.29) is 6.10 Å². The normalized spacial score (nSPS) is 19.5. The average Bonchev–Trinajstić information content (AvgIpc) is 2.56. The van der Waals surface area contributed by atoms with Crippen molar-refractivity contribution in [1.29, 1.82) is 0 Å². The molecule has 2 rings (SSSR count). The maximum atomic E-state index is 9.73. The number of nitrogens with one attached hydrogen (secondary N) is 1. The van der Waals surface area contributed by atoms with Gasteiger partial charge >= 0.3 is 7.12 Å². The summed E-state index contributed by atoms with van der Waals surface area (Å²) in [5.74, 6) is 0.343. The Bertz CT molecular complexity index is 372. The molecule has 0 radical (unpaired) electrons. The van der Waals surface area contributed by atoms with Crippen LogP contribution in [0.25, 0.3) is 0 Å². The molecule has 1 aromatic rings. The van der Waals surface area contributed by atoms with E-state index in [0.717, 1.165) is 16.7 Å². The number of halogens is 1. The summed E-state index contributed by atoms with van der Waals surface area (Å²) in [5.41, 5.74) is 2.62. The summed E-state index contributed by atoms with van der Waals surface area (Å²) < 4.78 is 5.48. The monoisotopic (exact) mass is 225 g/mol. The minimum atomic E-state index is -0.836. The first-order valence-electron chi connectivity index (χ1n) is 4.97. The third-order valence-corrected chi connectivity index (χ3v) is 2.87. The minimum absolute atomic E-state index is 0.0284. The van der Waals surface area contributed by atoms with Gasteiger partial charge in [-0.15, -0.1) is 0 Å². The largest absolute Gasteiger partial charge is 0.492 e. The molecule has 0 amide bonds. The fourth-order valence-corrected chi connectivity index (χ4v) is 2.03. The van der Waals surface area contributed by atoms with E-state index in [4.69, 9.17) is 16.4 Å². The summed E-state index contributed by atoms with van der Waals surface area (Å²) in [4.78, 5) is 2.53. The fourth-order valence-electron chi connectivity index (χ4n) is 1.91. The van der Waals surface area contributed by atoms with E-state index in [1.807, 2.05) is 18.2 Å². The van der Waals surface area contributed by atoms with E-state index in [1.165, 1.54) is 0 Å². The highest BCUT2D eigenvalue weighted by Crippen LogP contribution is 2.31. The third-order valence-electron chi connectivity index (χ3n) is 2.65. The summed E-state index contributed by atoms with van der Waals surface area (Å²) in [6.45, 7) is 4.14. The molecule has 2 N–H and O–H groups in total. The standard InChI is InChI=1S/C10H13BClNO2/c1-6(2)10-8-4-3-7(13-12)5-9(8)11(14)15-10/h3-6,10,13-14H,1-2H3. The van der Waals surface area contributed by atoms with Crippen LogP contribution < -0.4 is 10.3 Å². The van der Waals surface area contributed by atoms with Gasteiger partial charge in [0.2, 0.25) is 0 Å². The van der Waals surface area contributed by atoms with Crippen molar-refractivity contribution in [3.05, 3.63) is 23.8 Å². The molecule has 1 heterocycles. The van der Waals surface area contributed by atoms with Gasteiger partial charge in [0.1, 0.15) is 0 Å². The lowest BCUT2D eigenvalue weighted by Crippen LogP contribution is -2.28. The molecule has 15 heavy (non-hydrogen) atoms. The number of fused-ring (bicyclic) bond motifs is 1. The minimum Gasteiger partial charge on any atom is -0.423 e. The summed E-state index contributed by atoms with van der Waals surface area (Å²) >= 11 is 5.50. The van der Waals surface area contributed by atoms with Crippen molar-refractivity contribution in [3.63, 3.8) is 0 Å². The van der Waals surface area contributed by atoms with Crippen molar-refractivity contribution in [3.8, 4) is 0 Å². The lowest BCUT2D eigenvalue weighted by Gasteiger charge is -2.16. The zero-order valence-electron chi connectivity index (χ0n) is 8.70. The van der Waals surface area contributed by atoms with E-state index in [9.17, 15) is 5.02 Å². The molecule has 0 fully saturated rings. The first kappa shape index (κ1) is 10.8. The van der Waals surface area contributed by atoms with Crippen molar-refractivity contribution in [2.24, 2.45) is 5.92 Å². The molecule has 1 aliphatic rings. The third kappa shape index (κ3) is 1.85. The highest BCUT2D eigenvalue weighted by Gasteiger charge is 2.36. The number of rotatable bonds is 2. The molecule has 80 valence electrons. The van der Waals surface area contributed by atoms with E-state index in [1.54, 1.807) is 0 Å². The Balaban J connectivity index is 2.41. The molecule has 0 saturated carbocycles. The molecule has 5 heteroatoms. The van der Waals surface area contributed by atoms with Crippen LogP contribution in [0.2, 0.25) is 0 Å². The lowest BCUT2D eigenvalue weighted by atomic mass is 9.78. The van der Waals surface area contributed by atoms with Crippen LogP contribution in [0.4, 0.5) is 5.69 Å². The Morgan fingerprint density at radius 2 is 2.27 bits per heavy atom. The summed E-state index contributed by atoms with van der Waals surface area (Å²) in [5, 5.41) is 9.73. The highest BCUT2D eigenvalue weighted by molar-refractivity contribution is 6.62. The van der Waals surface area contributed by atoms with Crippen LogP contribution >= 0.6 is 11.8 Å². The predicted molar refractivity (Wildman–Crippen MR) is 62.2 cm³/mol. The number of hydrogen-bond acceptors (Lipinski definition) is 3. The Morgan fingerprint density at radius 3 is 2.87 bits per heavy atom. The Kier molecular flexibility index (Phi) is 2.91. The first-order chi connectivity index (χ1) is 7.13. The predicted octanol–water partition coefficient (Wildman–Crippen LogP) is 1.67. The molecule has 0 spiro atoms.